The van der Waals surface area contributed by atoms with Crippen LogP contribution < -0.4 is 11.5 Å². The van der Waals surface area contributed by atoms with Gasteiger partial charge in [-0.3, -0.25) is 4.79 Å². The lowest BCUT2D eigenvalue weighted by molar-refractivity contribution is -0.123. The fourth-order valence-electron chi connectivity index (χ4n) is 1.25. The van der Waals surface area contributed by atoms with Crippen molar-refractivity contribution in [2.45, 2.75) is 12.0 Å². The fraction of sp³-hybridized carbons (Fsp3) is 0.182. The number of rotatable bonds is 3. The lowest BCUT2D eigenvalue weighted by Crippen LogP contribution is -2.48. The molecule has 4 nitrogen and oxygen atoms in total. The molecule has 0 aliphatic rings. The maximum Gasteiger partial charge on any atom is 0.243 e. The molecule has 1 rings (SSSR count). The molecule has 0 spiro atoms. The summed E-state index contributed by atoms with van der Waals surface area (Å²) < 4.78 is 0. The van der Waals surface area contributed by atoms with Gasteiger partial charge in [-0.2, -0.15) is 0 Å². The lowest BCUT2D eigenvalue weighted by atomic mass is 9.87. The van der Waals surface area contributed by atoms with Gasteiger partial charge in [0, 0.05) is 6.42 Å². The summed E-state index contributed by atoms with van der Waals surface area (Å²) in [4.78, 5) is 11.2. The number of hydrogen-bond acceptors (Lipinski definition) is 3. The first-order valence-corrected chi connectivity index (χ1v) is 4.32. The van der Waals surface area contributed by atoms with Gasteiger partial charge >= 0.3 is 0 Å². The van der Waals surface area contributed by atoms with E-state index < -0.39 is 11.4 Å². The molecule has 0 aromatic heterocycles. The number of nitrogens with two attached hydrogens (primary N) is 2. The van der Waals surface area contributed by atoms with Gasteiger partial charge < -0.3 is 16.6 Å². The van der Waals surface area contributed by atoms with Crippen LogP contribution in [0.1, 0.15) is 12.0 Å². The summed E-state index contributed by atoms with van der Waals surface area (Å²) >= 11 is 0. The second-order valence-electron chi connectivity index (χ2n) is 3.26. The van der Waals surface area contributed by atoms with Crippen molar-refractivity contribution in [3.05, 3.63) is 29.8 Å². The molecular formula is C11H12N2O2. The van der Waals surface area contributed by atoms with E-state index in [4.69, 9.17) is 23.0 Å². The average molecular weight is 204 g/mol. The Balaban J connectivity index is 3.16. The largest absolute Gasteiger partial charge is 0.508 e. The monoisotopic (exact) mass is 204 g/mol. The molecule has 0 fully saturated rings. The summed E-state index contributed by atoms with van der Waals surface area (Å²) in [7, 11) is 0. The number of phenolic OH excluding ortho intramolecular Hbond substituents is 1. The van der Waals surface area contributed by atoms with Crippen LogP contribution >= 0.6 is 0 Å². The normalized spacial score (nSPS) is 13.9. The number of aromatic hydroxyl groups is 1. The van der Waals surface area contributed by atoms with Crippen LogP contribution in [0.3, 0.4) is 0 Å². The number of hydrogen-bond donors (Lipinski definition) is 3. The number of terminal acetylenes is 1. The first-order chi connectivity index (χ1) is 7.00. The number of primary amides is 1. The molecule has 4 heteroatoms. The highest BCUT2D eigenvalue weighted by Crippen LogP contribution is 2.23. The van der Waals surface area contributed by atoms with Crippen LogP contribution in [0.2, 0.25) is 0 Å². The summed E-state index contributed by atoms with van der Waals surface area (Å²) in [5.74, 6) is 1.71. The smallest absolute Gasteiger partial charge is 0.243 e. The van der Waals surface area contributed by atoms with Gasteiger partial charge in [0.2, 0.25) is 5.91 Å². The maximum absolute atomic E-state index is 11.2. The van der Waals surface area contributed by atoms with Crippen molar-refractivity contribution < 1.29 is 9.90 Å². The third-order valence-electron chi connectivity index (χ3n) is 2.20. The highest BCUT2D eigenvalue weighted by molar-refractivity contribution is 5.86. The van der Waals surface area contributed by atoms with Gasteiger partial charge in [-0.05, 0) is 17.7 Å². The number of amides is 1. The van der Waals surface area contributed by atoms with Crippen LogP contribution in [-0.2, 0) is 10.3 Å². The second kappa shape index (κ2) is 4.03. The van der Waals surface area contributed by atoms with Crippen LogP contribution in [-0.4, -0.2) is 11.0 Å². The van der Waals surface area contributed by atoms with Crippen molar-refractivity contribution in [2.24, 2.45) is 11.5 Å². The predicted molar refractivity (Wildman–Crippen MR) is 56.6 cm³/mol. The van der Waals surface area contributed by atoms with E-state index in [0.29, 0.717) is 5.56 Å². The summed E-state index contributed by atoms with van der Waals surface area (Å²) in [6, 6.07) is 5.90. The van der Waals surface area contributed by atoms with Crippen molar-refractivity contribution in [3.8, 4) is 18.1 Å². The minimum atomic E-state index is -1.37. The molecule has 5 N–H and O–H groups in total. The Morgan fingerprint density at radius 1 is 1.47 bits per heavy atom. The summed E-state index contributed by atoms with van der Waals surface area (Å²) in [5, 5.41) is 9.09. The molecule has 0 aliphatic carbocycles. The number of benzene rings is 1. The quantitative estimate of drug-likeness (QED) is 0.608. The van der Waals surface area contributed by atoms with E-state index in [1.54, 1.807) is 0 Å². The van der Waals surface area contributed by atoms with E-state index in [1.807, 2.05) is 0 Å². The Labute approximate surface area is 87.9 Å². The maximum atomic E-state index is 11.2. The molecule has 0 saturated heterocycles. The van der Waals surface area contributed by atoms with Gasteiger partial charge in [0.15, 0.2) is 0 Å². The van der Waals surface area contributed by atoms with E-state index in [2.05, 4.69) is 5.92 Å². The van der Waals surface area contributed by atoms with Gasteiger partial charge in [0.25, 0.3) is 0 Å². The zero-order valence-electron chi connectivity index (χ0n) is 8.10. The Hall–Kier alpha value is -1.99. The zero-order chi connectivity index (χ0) is 11.5. The van der Waals surface area contributed by atoms with Crippen LogP contribution in [0.5, 0.6) is 5.75 Å². The molecule has 0 aliphatic heterocycles. The minimum Gasteiger partial charge on any atom is -0.508 e. The molecule has 78 valence electrons. The van der Waals surface area contributed by atoms with Crippen molar-refractivity contribution in [1.82, 2.24) is 0 Å². The molecule has 1 aromatic rings. The van der Waals surface area contributed by atoms with E-state index in [0.717, 1.165) is 0 Å². The van der Waals surface area contributed by atoms with Gasteiger partial charge in [0.05, 0.1) is 0 Å². The number of carbonyl (C=O) groups excluding carboxylic acids is 1. The van der Waals surface area contributed by atoms with E-state index in [9.17, 15) is 4.79 Å². The van der Waals surface area contributed by atoms with Crippen LogP contribution in [0.25, 0.3) is 0 Å². The Morgan fingerprint density at radius 2 is 2.00 bits per heavy atom. The third kappa shape index (κ3) is 2.09. The van der Waals surface area contributed by atoms with Gasteiger partial charge in [-0.25, -0.2) is 0 Å². The van der Waals surface area contributed by atoms with E-state index in [1.165, 1.54) is 24.3 Å². The second-order valence-corrected chi connectivity index (χ2v) is 3.26. The Morgan fingerprint density at radius 3 is 2.40 bits per heavy atom. The topological polar surface area (TPSA) is 89.3 Å². The van der Waals surface area contributed by atoms with E-state index >= 15 is 0 Å². The zero-order valence-corrected chi connectivity index (χ0v) is 8.10. The first-order valence-electron chi connectivity index (χ1n) is 4.32. The van der Waals surface area contributed by atoms with Crippen LogP contribution in [0.15, 0.2) is 24.3 Å². The molecule has 0 heterocycles. The SMILES string of the molecule is C#CCC(N)(C(N)=O)c1ccc(O)cc1. The van der Waals surface area contributed by atoms with Crippen molar-refractivity contribution in [1.29, 1.82) is 0 Å². The summed E-state index contributed by atoms with van der Waals surface area (Å²) in [5.41, 5.74) is 10.1. The van der Waals surface area contributed by atoms with Gasteiger partial charge in [0.1, 0.15) is 11.3 Å². The molecular weight excluding hydrogens is 192 g/mol. The Bertz CT molecular complexity index is 406. The van der Waals surface area contributed by atoms with Crippen LogP contribution in [0, 0.1) is 12.3 Å². The first kappa shape index (κ1) is 11.1. The van der Waals surface area contributed by atoms with Crippen molar-refractivity contribution in [3.63, 3.8) is 0 Å². The Kier molecular flexibility index (Phi) is 2.98. The third-order valence-corrected chi connectivity index (χ3v) is 2.20. The lowest BCUT2D eigenvalue weighted by Gasteiger charge is -2.23. The summed E-state index contributed by atoms with van der Waals surface area (Å²) in [6.07, 6.45) is 5.15. The molecule has 1 unspecified atom stereocenters. The molecule has 15 heavy (non-hydrogen) atoms. The molecule has 1 atom stereocenters. The highest BCUT2D eigenvalue weighted by atomic mass is 16.3. The highest BCUT2D eigenvalue weighted by Gasteiger charge is 2.33. The van der Waals surface area contributed by atoms with E-state index in [-0.39, 0.29) is 12.2 Å². The van der Waals surface area contributed by atoms with Crippen LogP contribution in [0.4, 0.5) is 0 Å². The molecule has 0 radical (unpaired) electrons. The minimum absolute atomic E-state index is 0.0209. The number of phenols is 1. The van der Waals surface area contributed by atoms with Gasteiger partial charge in [-0.15, -0.1) is 12.3 Å². The molecule has 0 saturated carbocycles. The molecule has 1 aromatic carbocycles. The van der Waals surface area contributed by atoms with Crippen molar-refractivity contribution >= 4 is 5.91 Å². The van der Waals surface area contributed by atoms with Crippen molar-refractivity contribution in [2.75, 3.05) is 0 Å². The summed E-state index contributed by atoms with van der Waals surface area (Å²) in [6.45, 7) is 0. The number of carbonyl (C=O) groups is 1. The molecule has 1 amide bonds. The standard InChI is InChI=1S/C11H12N2O2/c1-2-7-11(13,10(12)15)8-3-5-9(14)6-4-8/h1,3-6,14H,7,13H2,(H2,12,15). The fourth-order valence-corrected chi connectivity index (χ4v) is 1.25. The van der Waals surface area contributed by atoms with Gasteiger partial charge in [-0.1, -0.05) is 12.1 Å². The molecule has 0 bridgehead atoms. The predicted octanol–water partition coefficient (Wildman–Crippen LogP) is 0.0548. The average Bonchev–Trinajstić information content (AvgIpc) is 2.18.